The fourth-order valence-corrected chi connectivity index (χ4v) is 2.83. The summed E-state index contributed by atoms with van der Waals surface area (Å²) in [6, 6.07) is 12.9. The maximum Gasteiger partial charge on any atom is 0.293 e. The van der Waals surface area contributed by atoms with Crippen molar-refractivity contribution in [1.29, 1.82) is 0 Å². The normalized spacial score (nSPS) is 19.7. The van der Waals surface area contributed by atoms with Crippen LogP contribution in [0.3, 0.4) is 0 Å². The fourth-order valence-electron chi connectivity index (χ4n) is 2.43. The number of ketones is 1. The van der Waals surface area contributed by atoms with Crippen molar-refractivity contribution in [3.63, 3.8) is 0 Å². The van der Waals surface area contributed by atoms with E-state index in [4.69, 9.17) is 11.6 Å². The van der Waals surface area contributed by atoms with E-state index < -0.39 is 17.7 Å². The third-order valence-corrected chi connectivity index (χ3v) is 4.37. The second-order valence-corrected chi connectivity index (χ2v) is 6.41. The molecule has 3 rings (SSSR count). The van der Waals surface area contributed by atoms with Crippen molar-refractivity contribution < 1.29 is 14.7 Å². The summed E-state index contributed by atoms with van der Waals surface area (Å²) in [7, 11) is 0. The van der Waals surface area contributed by atoms with E-state index in [9.17, 15) is 14.7 Å². The Hall–Kier alpha value is -2.11. The van der Waals surface area contributed by atoms with E-state index in [0.717, 1.165) is 4.47 Å². The van der Waals surface area contributed by atoms with E-state index in [1.807, 2.05) is 0 Å². The van der Waals surface area contributed by atoms with E-state index in [0.29, 0.717) is 16.1 Å². The number of rotatable bonds is 2. The molecule has 1 heterocycles. The van der Waals surface area contributed by atoms with Crippen LogP contribution in [0, 0.1) is 0 Å². The van der Waals surface area contributed by atoms with E-state index in [2.05, 4.69) is 21.2 Å². The number of amides is 1. The Morgan fingerprint density at radius 1 is 1.04 bits per heavy atom. The molecule has 0 radical (unpaired) electrons. The van der Waals surface area contributed by atoms with Crippen molar-refractivity contribution in [2.75, 3.05) is 0 Å². The zero-order valence-corrected chi connectivity index (χ0v) is 14.1. The summed E-state index contributed by atoms with van der Waals surface area (Å²) < 4.78 is 0.847. The smallest absolute Gasteiger partial charge is 0.293 e. The highest BCUT2D eigenvalue weighted by molar-refractivity contribution is 9.10. The number of hydrogen-bond donors (Lipinski definition) is 2. The number of benzene rings is 2. The lowest BCUT2D eigenvalue weighted by molar-refractivity contribution is -0.133. The maximum atomic E-state index is 12.2. The summed E-state index contributed by atoms with van der Waals surface area (Å²) in [6.45, 7) is 0. The van der Waals surface area contributed by atoms with Gasteiger partial charge >= 0.3 is 0 Å². The molecule has 1 unspecified atom stereocenters. The standard InChI is InChI=1S/C17H11BrClNO3/c18-11-5-1-10(2-6-11)15(21)13-14(20-17(23)16(13)22)9-3-7-12(19)8-4-9/h1-8,14,21H,(H,20,23)/b15-13+. The second kappa shape index (κ2) is 6.18. The Morgan fingerprint density at radius 3 is 2.26 bits per heavy atom. The Kier molecular flexibility index (Phi) is 4.24. The van der Waals surface area contributed by atoms with Gasteiger partial charge in [-0.15, -0.1) is 0 Å². The molecule has 1 aliphatic heterocycles. The van der Waals surface area contributed by atoms with Gasteiger partial charge in [0.2, 0.25) is 0 Å². The van der Waals surface area contributed by atoms with Gasteiger partial charge in [0.05, 0.1) is 11.6 Å². The molecule has 4 nitrogen and oxygen atoms in total. The number of aliphatic hydroxyl groups excluding tert-OH is 1. The summed E-state index contributed by atoms with van der Waals surface area (Å²) in [5.41, 5.74) is 1.18. The Morgan fingerprint density at radius 2 is 1.65 bits per heavy atom. The van der Waals surface area contributed by atoms with Crippen LogP contribution in [0.2, 0.25) is 5.02 Å². The average Bonchev–Trinajstić information content (AvgIpc) is 2.84. The molecule has 2 N–H and O–H groups in total. The molecule has 1 fully saturated rings. The highest BCUT2D eigenvalue weighted by Gasteiger charge is 2.39. The van der Waals surface area contributed by atoms with Crippen molar-refractivity contribution >= 4 is 45.0 Å². The first-order chi connectivity index (χ1) is 11.0. The Labute approximate surface area is 145 Å². The van der Waals surface area contributed by atoms with E-state index in [1.54, 1.807) is 48.5 Å². The molecule has 0 spiro atoms. The zero-order valence-electron chi connectivity index (χ0n) is 11.7. The van der Waals surface area contributed by atoms with Gasteiger partial charge < -0.3 is 10.4 Å². The zero-order chi connectivity index (χ0) is 16.6. The minimum absolute atomic E-state index is 0.0413. The predicted molar refractivity (Wildman–Crippen MR) is 91.0 cm³/mol. The van der Waals surface area contributed by atoms with E-state index >= 15 is 0 Å². The topological polar surface area (TPSA) is 66.4 Å². The van der Waals surface area contributed by atoms with Gasteiger partial charge in [0.15, 0.2) is 0 Å². The number of carbonyl (C=O) groups is 2. The first-order valence-electron chi connectivity index (χ1n) is 6.77. The monoisotopic (exact) mass is 391 g/mol. The highest BCUT2D eigenvalue weighted by atomic mass is 79.9. The highest BCUT2D eigenvalue weighted by Crippen LogP contribution is 2.33. The summed E-state index contributed by atoms with van der Waals surface area (Å²) >= 11 is 9.18. The number of nitrogens with one attached hydrogen (secondary N) is 1. The van der Waals surface area contributed by atoms with Crippen LogP contribution < -0.4 is 5.32 Å². The van der Waals surface area contributed by atoms with Crippen LogP contribution >= 0.6 is 27.5 Å². The Balaban J connectivity index is 2.10. The molecular formula is C17H11BrClNO3. The summed E-state index contributed by atoms with van der Waals surface area (Å²) in [6.07, 6.45) is 0. The number of Topliss-reactive ketones (excluding diaryl/α,β-unsaturated/α-hetero) is 1. The van der Waals surface area contributed by atoms with Crippen molar-refractivity contribution in [2.24, 2.45) is 0 Å². The lowest BCUT2D eigenvalue weighted by Gasteiger charge is -2.13. The maximum absolute atomic E-state index is 12.2. The fraction of sp³-hybridized carbons (Fsp3) is 0.0588. The minimum atomic E-state index is -0.733. The molecule has 1 atom stereocenters. The summed E-state index contributed by atoms with van der Waals surface area (Å²) in [5.74, 6) is -1.67. The van der Waals surface area contributed by atoms with Gasteiger partial charge in [-0.1, -0.05) is 51.8 Å². The third kappa shape index (κ3) is 3.02. The molecule has 0 saturated carbocycles. The van der Waals surface area contributed by atoms with Gasteiger partial charge in [-0.25, -0.2) is 0 Å². The average molecular weight is 393 g/mol. The SMILES string of the molecule is O=C1NC(c2ccc(Cl)cc2)/C(=C(\O)c2ccc(Br)cc2)C1=O. The minimum Gasteiger partial charge on any atom is -0.507 e. The molecule has 2 aromatic rings. The van der Waals surface area contributed by atoms with Gasteiger partial charge in [0.25, 0.3) is 11.7 Å². The van der Waals surface area contributed by atoms with Crippen molar-refractivity contribution in [2.45, 2.75) is 6.04 Å². The van der Waals surface area contributed by atoms with Gasteiger partial charge in [0.1, 0.15) is 5.76 Å². The van der Waals surface area contributed by atoms with Crippen LogP contribution in [-0.2, 0) is 9.59 Å². The van der Waals surface area contributed by atoms with Crippen molar-refractivity contribution in [3.05, 3.63) is 74.7 Å². The number of halogens is 2. The summed E-state index contributed by atoms with van der Waals surface area (Å²) in [5, 5.41) is 13.7. The predicted octanol–water partition coefficient (Wildman–Crippen LogP) is 3.81. The molecule has 0 aromatic heterocycles. The molecule has 0 aliphatic carbocycles. The van der Waals surface area contributed by atoms with Crippen LogP contribution in [0.15, 0.2) is 58.6 Å². The molecule has 116 valence electrons. The lowest BCUT2D eigenvalue weighted by Crippen LogP contribution is -2.21. The summed E-state index contributed by atoms with van der Waals surface area (Å²) in [4.78, 5) is 24.0. The van der Waals surface area contributed by atoms with Crippen LogP contribution in [0.1, 0.15) is 17.2 Å². The van der Waals surface area contributed by atoms with E-state index in [-0.39, 0.29) is 11.3 Å². The molecule has 23 heavy (non-hydrogen) atoms. The third-order valence-electron chi connectivity index (χ3n) is 3.59. The molecule has 6 heteroatoms. The van der Waals surface area contributed by atoms with Gasteiger partial charge in [-0.3, -0.25) is 9.59 Å². The van der Waals surface area contributed by atoms with E-state index in [1.165, 1.54) is 0 Å². The van der Waals surface area contributed by atoms with Crippen LogP contribution in [0.5, 0.6) is 0 Å². The lowest BCUT2D eigenvalue weighted by atomic mass is 9.96. The first kappa shape index (κ1) is 15.8. The molecule has 1 aliphatic rings. The Bertz CT molecular complexity index is 813. The van der Waals surface area contributed by atoms with Crippen molar-refractivity contribution in [3.8, 4) is 0 Å². The molecule has 1 saturated heterocycles. The number of hydrogen-bond acceptors (Lipinski definition) is 3. The molecule has 1 amide bonds. The van der Waals surface area contributed by atoms with Gasteiger partial charge in [0, 0.05) is 15.1 Å². The molecule has 0 bridgehead atoms. The molecule has 2 aromatic carbocycles. The second-order valence-electron chi connectivity index (χ2n) is 5.06. The molecular weight excluding hydrogens is 382 g/mol. The number of carbonyl (C=O) groups excluding carboxylic acids is 2. The quantitative estimate of drug-likeness (QED) is 0.464. The number of aliphatic hydroxyl groups is 1. The largest absolute Gasteiger partial charge is 0.507 e. The van der Waals surface area contributed by atoms with Gasteiger partial charge in [-0.2, -0.15) is 0 Å². The first-order valence-corrected chi connectivity index (χ1v) is 7.94. The van der Waals surface area contributed by atoms with Crippen LogP contribution in [0.4, 0.5) is 0 Å². The van der Waals surface area contributed by atoms with Crippen LogP contribution in [-0.4, -0.2) is 16.8 Å². The van der Waals surface area contributed by atoms with Crippen LogP contribution in [0.25, 0.3) is 5.76 Å². The van der Waals surface area contributed by atoms with Gasteiger partial charge in [-0.05, 0) is 29.8 Å². The van der Waals surface area contributed by atoms with Crippen molar-refractivity contribution in [1.82, 2.24) is 5.32 Å².